The van der Waals surface area contributed by atoms with Crippen LogP contribution in [0.5, 0.6) is 0 Å². The molecule has 0 unspecified atom stereocenters. The molecule has 9 nitrogen and oxygen atoms in total. The number of amides is 1. The maximum absolute atomic E-state index is 12.3. The van der Waals surface area contributed by atoms with E-state index in [1.165, 1.54) is 0 Å². The number of nitrogens with zero attached hydrogens (tertiary/aromatic N) is 5. The molecule has 31 heavy (non-hydrogen) atoms. The zero-order valence-corrected chi connectivity index (χ0v) is 18.5. The van der Waals surface area contributed by atoms with Gasteiger partial charge in [0.1, 0.15) is 6.54 Å². The normalized spacial score (nSPS) is 10.6. The number of hydrogen-bond acceptors (Lipinski definition) is 7. The van der Waals surface area contributed by atoms with Crippen LogP contribution in [0, 0.1) is 20.8 Å². The lowest BCUT2D eigenvalue weighted by Gasteiger charge is -2.16. The molecule has 0 aliphatic heterocycles. The van der Waals surface area contributed by atoms with E-state index in [1.54, 1.807) is 35.7 Å². The zero-order chi connectivity index (χ0) is 22.5. The van der Waals surface area contributed by atoms with Gasteiger partial charge in [0.25, 0.3) is 5.91 Å². The molecule has 0 atom stereocenters. The Balaban J connectivity index is 1.56. The van der Waals surface area contributed by atoms with E-state index in [-0.39, 0.29) is 11.7 Å². The topological polar surface area (TPSA) is 102 Å². The van der Waals surface area contributed by atoms with Crippen LogP contribution in [0.4, 0.5) is 11.5 Å². The molecule has 2 heterocycles. The Bertz CT molecular complexity index is 1080. The molecule has 0 fully saturated rings. The third-order valence-electron chi connectivity index (χ3n) is 4.57. The van der Waals surface area contributed by atoms with Crippen molar-refractivity contribution < 1.29 is 14.3 Å². The summed E-state index contributed by atoms with van der Waals surface area (Å²) in [6, 6.07) is 11.1. The van der Waals surface area contributed by atoms with Crippen LogP contribution < -0.4 is 10.2 Å². The highest BCUT2D eigenvalue weighted by atomic mass is 35.5. The maximum Gasteiger partial charge on any atom is 0.326 e. The number of benzene rings is 1. The van der Waals surface area contributed by atoms with Crippen molar-refractivity contribution in [3.63, 3.8) is 0 Å². The molecule has 162 valence electrons. The minimum absolute atomic E-state index is 0.0903. The van der Waals surface area contributed by atoms with Gasteiger partial charge < -0.3 is 15.0 Å². The first-order valence-corrected chi connectivity index (χ1v) is 9.91. The van der Waals surface area contributed by atoms with Gasteiger partial charge in [-0.25, -0.2) is 4.68 Å². The van der Waals surface area contributed by atoms with Crippen molar-refractivity contribution in [2.45, 2.75) is 20.8 Å². The fourth-order valence-corrected chi connectivity index (χ4v) is 3.02. The Morgan fingerprint density at radius 2 is 1.81 bits per heavy atom. The number of carbonyl (C=O) groups is 2. The Labute approximate surface area is 185 Å². The maximum atomic E-state index is 12.3. The zero-order valence-electron chi connectivity index (χ0n) is 17.7. The van der Waals surface area contributed by atoms with Crippen LogP contribution in [-0.4, -0.2) is 52.1 Å². The summed E-state index contributed by atoms with van der Waals surface area (Å²) in [5, 5.41) is 15.1. The predicted molar refractivity (Wildman–Crippen MR) is 118 cm³/mol. The summed E-state index contributed by atoms with van der Waals surface area (Å²) in [6.07, 6.45) is 0. The molecule has 0 radical (unpaired) electrons. The molecular formula is C21H23ClN6O3. The number of ether oxygens (including phenoxy) is 1. The van der Waals surface area contributed by atoms with Gasteiger partial charge in [0, 0.05) is 7.05 Å². The molecule has 3 aromatic rings. The average Bonchev–Trinajstić information content (AvgIpc) is 3.01. The second kappa shape index (κ2) is 9.57. The van der Waals surface area contributed by atoms with Crippen LogP contribution >= 0.6 is 11.6 Å². The molecule has 0 saturated heterocycles. The highest BCUT2D eigenvalue weighted by Crippen LogP contribution is 2.23. The van der Waals surface area contributed by atoms with Gasteiger partial charge in [-0.05, 0) is 45.0 Å². The second-order valence-electron chi connectivity index (χ2n) is 7.07. The van der Waals surface area contributed by atoms with Crippen molar-refractivity contribution in [2.24, 2.45) is 0 Å². The van der Waals surface area contributed by atoms with Crippen molar-refractivity contribution >= 4 is 35.0 Å². The number of halogens is 1. The molecule has 1 amide bonds. The van der Waals surface area contributed by atoms with E-state index >= 15 is 0 Å². The molecule has 3 rings (SSSR count). The fourth-order valence-electron chi connectivity index (χ4n) is 2.92. The predicted octanol–water partition coefficient (Wildman–Crippen LogP) is 2.86. The monoisotopic (exact) mass is 442 g/mol. The Hall–Kier alpha value is -3.46. The van der Waals surface area contributed by atoms with Crippen molar-refractivity contribution in [3.05, 3.63) is 58.5 Å². The Morgan fingerprint density at radius 3 is 2.45 bits per heavy atom. The van der Waals surface area contributed by atoms with Crippen LogP contribution in [0.1, 0.15) is 17.0 Å². The third kappa shape index (κ3) is 5.58. The largest absolute Gasteiger partial charge is 0.454 e. The number of carbonyl (C=O) groups excluding carboxylic acids is 2. The number of esters is 1. The van der Waals surface area contributed by atoms with Crippen molar-refractivity contribution in [3.8, 4) is 5.69 Å². The number of rotatable bonds is 7. The van der Waals surface area contributed by atoms with Crippen LogP contribution in [0.15, 0.2) is 36.4 Å². The number of likely N-dealkylation sites (N-methyl/N-ethyl adjacent to an activating group) is 1. The number of anilines is 2. The van der Waals surface area contributed by atoms with Gasteiger partial charge in [-0.1, -0.05) is 29.3 Å². The molecule has 2 aromatic heterocycles. The molecule has 1 N–H and O–H groups in total. The highest BCUT2D eigenvalue weighted by molar-refractivity contribution is 6.29. The van der Waals surface area contributed by atoms with E-state index in [0.29, 0.717) is 17.2 Å². The molecule has 1 aromatic carbocycles. The number of hydrogen-bond donors (Lipinski definition) is 1. The first kappa shape index (κ1) is 22.2. The van der Waals surface area contributed by atoms with Crippen LogP contribution in [0.25, 0.3) is 5.69 Å². The summed E-state index contributed by atoms with van der Waals surface area (Å²) in [7, 11) is 1.66. The lowest BCUT2D eigenvalue weighted by molar-refractivity contribution is -0.145. The molecule has 10 heteroatoms. The number of aromatic nitrogens is 4. The highest BCUT2D eigenvalue weighted by Gasteiger charge is 2.17. The Morgan fingerprint density at radius 1 is 1.10 bits per heavy atom. The van der Waals surface area contributed by atoms with Crippen molar-refractivity contribution in [2.75, 3.05) is 30.4 Å². The summed E-state index contributed by atoms with van der Waals surface area (Å²) in [5.41, 5.74) is 4.08. The summed E-state index contributed by atoms with van der Waals surface area (Å²) in [5.74, 6) is -0.560. The standard InChI is InChI=1S/C21H23ClN6O3/c1-13-5-7-16(8-6-13)28-15(3)21(14(2)26-28)23-19(29)12-31-20(30)11-27(4)18-10-9-17(22)24-25-18/h5-10H,11-12H2,1-4H3,(H,23,29). The number of aryl methyl sites for hydroxylation is 2. The molecule has 0 aliphatic carbocycles. The van der Waals surface area contributed by atoms with Crippen molar-refractivity contribution in [1.29, 1.82) is 0 Å². The van der Waals surface area contributed by atoms with E-state index in [9.17, 15) is 9.59 Å². The van der Waals surface area contributed by atoms with Crippen molar-refractivity contribution in [1.82, 2.24) is 20.0 Å². The molecule has 0 bridgehead atoms. The summed E-state index contributed by atoms with van der Waals surface area (Å²) in [4.78, 5) is 25.9. The minimum Gasteiger partial charge on any atom is -0.454 e. The van der Waals surface area contributed by atoms with E-state index < -0.39 is 18.5 Å². The first-order valence-electron chi connectivity index (χ1n) is 9.53. The SMILES string of the molecule is Cc1ccc(-n2nc(C)c(NC(=O)COC(=O)CN(C)c3ccc(Cl)nn3)c2C)cc1. The van der Waals surface area contributed by atoms with E-state index in [0.717, 1.165) is 16.9 Å². The summed E-state index contributed by atoms with van der Waals surface area (Å²) >= 11 is 5.70. The minimum atomic E-state index is -0.571. The van der Waals surface area contributed by atoms with Gasteiger partial charge in [-0.3, -0.25) is 9.59 Å². The van der Waals surface area contributed by atoms with E-state index in [1.807, 2.05) is 38.1 Å². The van der Waals surface area contributed by atoms with Gasteiger partial charge in [-0.2, -0.15) is 5.10 Å². The Kier molecular flexibility index (Phi) is 6.86. The average molecular weight is 443 g/mol. The molecule has 0 aliphatic rings. The summed E-state index contributed by atoms with van der Waals surface area (Å²) in [6.45, 7) is 5.18. The van der Waals surface area contributed by atoms with Gasteiger partial charge in [0.2, 0.25) is 0 Å². The fraction of sp³-hybridized carbons (Fsp3) is 0.286. The van der Waals surface area contributed by atoms with Gasteiger partial charge >= 0.3 is 5.97 Å². The van der Waals surface area contributed by atoms with Gasteiger partial charge in [0.15, 0.2) is 17.6 Å². The lowest BCUT2D eigenvalue weighted by Crippen LogP contribution is -2.30. The summed E-state index contributed by atoms with van der Waals surface area (Å²) < 4.78 is 6.84. The quantitative estimate of drug-likeness (QED) is 0.561. The van der Waals surface area contributed by atoms with Crippen LogP contribution in [0.2, 0.25) is 5.15 Å². The van der Waals surface area contributed by atoms with E-state index in [4.69, 9.17) is 16.3 Å². The van der Waals surface area contributed by atoms with Crippen LogP contribution in [-0.2, 0) is 14.3 Å². The van der Waals surface area contributed by atoms with Crippen LogP contribution in [0.3, 0.4) is 0 Å². The third-order valence-corrected chi connectivity index (χ3v) is 4.78. The van der Waals surface area contributed by atoms with E-state index in [2.05, 4.69) is 20.6 Å². The molecule has 0 spiro atoms. The lowest BCUT2D eigenvalue weighted by atomic mass is 10.2. The molecule has 0 saturated carbocycles. The second-order valence-corrected chi connectivity index (χ2v) is 7.46. The smallest absolute Gasteiger partial charge is 0.326 e. The number of nitrogens with one attached hydrogen (secondary N) is 1. The van der Waals surface area contributed by atoms with Gasteiger partial charge in [0.05, 0.1) is 22.8 Å². The van der Waals surface area contributed by atoms with Gasteiger partial charge in [-0.15, -0.1) is 10.2 Å². The first-order chi connectivity index (χ1) is 14.7. The molecular weight excluding hydrogens is 420 g/mol.